The van der Waals surface area contributed by atoms with Crippen LogP contribution in [0.3, 0.4) is 0 Å². The Balaban J connectivity index is 1.80. The normalized spacial score (nSPS) is 20.8. The van der Waals surface area contributed by atoms with Gasteiger partial charge in [-0.15, -0.1) is 0 Å². The molecular weight excluding hydrogens is 272 g/mol. The Hall–Kier alpha value is -2.37. The molecule has 112 valence electrons. The van der Waals surface area contributed by atoms with E-state index < -0.39 is 11.9 Å². The molecule has 0 heterocycles. The lowest BCUT2D eigenvalue weighted by Crippen LogP contribution is -2.44. The third-order valence-electron chi connectivity index (χ3n) is 3.63. The second kappa shape index (κ2) is 6.88. The maximum atomic E-state index is 11.8. The third-order valence-corrected chi connectivity index (χ3v) is 3.63. The zero-order valence-electron chi connectivity index (χ0n) is 11.5. The minimum atomic E-state index is -0.883. The first-order chi connectivity index (χ1) is 10.1. The molecule has 21 heavy (non-hydrogen) atoms. The van der Waals surface area contributed by atoms with Gasteiger partial charge in [0.05, 0.1) is 12.5 Å². The number of carboxylic acids is 1. The predicted octanol–water partition coefficient (Wildman–Crippen LogP) is 0.786. The van der Waals surface area contributed by atoms with Crippen molar-refractivity contribution >= 4 is 17.8 Å². The molecule has 0 radical (unpaired) electrons. The average molecular weight is 290 g/mol. The molecule has 0 saturated heterocycles. The maximum absolute atomic E-state index is 11.8. The van der Waals surface area contributed by atoms with Crippen LogP contribution in [0.15, 0.2) is 30.3 Å². The highest BCUT2D eigenvalue weighted by Gasteiger charge is 2.33. The van der Waals surface area contributed by atoms with E-state index in [0.717, 1.165) is 6.42 Å². The fraction of sp³-hybridized carbons (Fsp3) is 0.400. The van der Waals surface area contributed by atoms with Gasteiger partial charge in [0.2, 0.25) is 5.91 Å². The van der Waals surface area contributed by atoms with Gasteiger partial charge in [-0.2, -0.15) is 0 Å². The van der Waals surface area contributed by atoms with E-state index in [4.69, 9.17) is 5.11 Å². The van der Waals surface area contributed by atoms with Gasteiger partial charge in [-0.1, -0.05) is 24.6 Å². The molecule has 0 aromatic heterocycles. The van der Waals surface area contributed by atoms with E-state index in [1.807, 2.05) is 0 Å². The molecule has 1 aliphatic rings. The summed E-state index contributed by atoms with van der Waals surface area (Å²) in [7, 11) is 0. The van der Waals surface area contributed by atoms with Gasteiger partial charge in [0.15, 0.2) is 0 Å². The highest BCUT2D eigenvalue weighted by atomic mass is 16.4. The molecule has 0 aliphatic heterocycles. The molecule has 2 amide bonds. The van der Waals surface area contributed by atoms with Crippen molar-refractivity contribution in [1.29, 1.82) is 0 Å². The molecule has 1 aromatic rings. The lowest BCUT2D eigenvalue weighted by Gasteiger charge is -2.17. The van der Waals surface area contributed by atoms with E-state index in [1.165, 1.54) is 0 Å². The Morgan fingerprint density at radius 3 is 2.52 bits per heavy atom. The number of hydrogen-bond donors (Lipinski definition) is 3. The quantitative estimate of drug-likeness (QED) is 0.747. The second-order valence-electron chi connectivity index (χ2n) is 5.10. The topological polar surface area (TPSA) is 95.5 Å². The van der Waals surface area contributed by atoms with Gasteiger partial charge in [-0.05, 0) is 25.0 Å². The number of carbonyl (C=O) groups excluding carboxylic acids is 2. The molecule has 1 saturated carbocycles. The van der Waals surface area contributed by atoms with Crippen LogP contribution in [0.5, 0.6) is 0 Å². The summed E-state index contributed by atoms with van der Waals surface area (Å²) < 4.78 is 0. The average Bonchev–Trinajstić information content (AvgIpc) is 2.94. The van der Waals surface area contributed by atoms with Gasteiger partial charge in [0, 0.05) is 11.6 Å². The van der Waals surface area contributed by atoms with E-state index in [9.17, 15) is 14.4 Å². The van der Waals surface area contributed by atoms with Crippen molar-refractivity contribution in [3.8, 4) is 0 Å². The first kappa shape index (κ1) is 15.0. The molecule has 6 nitrogen and oxygen atoms in total. The van der Waals surface area contributed by atoms with Gasteiger partial charge < -0.3 is 15.7 Å². The number of aliphatic carboxylic acids is 1. The lowest BCUT2D eigenvalue weighted by molar-refractivity contribution is -0.142. The van der Waals surface area contributed by atoms with Gasteiger partial charge in [-0.3, -0.25) is 14.4 Å². The van der Waals surface area contributed by atoms with Crippen LogP contribution < -0.4 is 10.6 Å². The molecule has 0 unspecified atom stereocenters. The summed E-state index contributed by atoms with van der Waals surface area (Å²) in [4.78, 5) is 34.6. The van der Waals surface area contributed by atoms with Crippen molar-refractivity contribution in [1.82, 2.24) is 10.6 Å². The van der Waals surface area contributed by atoms with Crippen LogP contribution in [0.1, 0.15) is 29.6 Å². The van der Waals surface area contributed by atoms with Crippen LogP contribution in [0.4, 0.5) is 0 Å². The molecule has 0 spiro atoms. The van der Waals surface area contributed by atoms with Crippen molar-refractivity contribution < 1.29 is 19.5 Å². The van der Waals surface area contributed by atoms with Crippen LogP contribution in [0.2, 0.25) is 0 Å². The van der Waals surface area contributed by atoms with E-state index in [0.29, 0.717) is 18.4 Å². The standard InChI is InChI=1S/C15H18N2O4/c18-13(17-12-8-4-7-11(12)15(20)21)9-16-14(19)10-5-2-1-3-6-10/h1-3,5-6,11-12H,4,7-9H2,(H,16,19)(H,17,18)(H,20,21)/t11-,12+/m1/s1. The minimum absolute atomic E-state index is 0.156. The Morgan fingerprint density at radius 2 is 1.86 bits per heavy atom. The molecule has 1 fully saturated rings. The van der Waals surface area contributed by atoms with Crippen molar-refractivity contribution in [2.75, 3.05) is 6.54 Å². The van der Waals surface area contributed by atoms with Crippen LogP contribution in [0.25, 0.3) is 0 Å². The van der Waals surface area contributed by atoms with Gasteiger partial charge in [0.25, 0.3) is 5.91 Å². The monoisotopic (exact) mass is 290 g/mol. The van der Waals surface area contributed by atoms with E-state index >= 15 is 0 Å². The molecule has 0 bridgehead atoms. The summed E-state index contributed by atoms with van der Waals surface area (Å²) in [5.41, 5.74) is 0.481. The SMILES string of the molecule is O=C(CNC(=O)c1ccccc1)N[C@H]1CCC[C@H]1C(=O)O. The Bertz CT molecular complexity index is 530. The highest BCUT2D eigenvalue weighted by molar-refractivity contribution is 5.96. The summed E-state index contributed by atoms with van der Waals surface area (Å²) in [6, 6.07) is 8.25. The fourth-order valence-corrected chi connectivity index (χ4v) is 2.54. The van der Waals surface area contributed by atoms with Gasteiger partial charge in [-0.25, -0.2) is 0 Å². The first-order valence-corrected chi connectivity index (χ1v) is 6.93. The molecule has 6 heteroatoms. The Kier molecular flexibility index (Phi) is 4.92. The number of carbonyl (C=O) groups is 3. The molecule has 1 aliphatic carbocycles. The third kappa shape index (κ3) is 4.05. The lowest BCUT2D eigenvalue weighted by atomic mass is 10.0. The van der Waals surface area contributed by atoms with E-state index in [1.54, 1.807) is 30.3 Å². The molecule has 2 atom stereocenters. The highest BCUT2D eigenvalue weighted by Crippen LogP contribution is 2.25. The van der Waals surface area contributed by atoms with Crippen molar-refractivity contribution in [3.63, 3.8) is 0 Å². The maximum Gasteiger partial charge on any atom is 0.308 e. The summed E-state index contributed by atoms with van der Waals surface area (Å²) in [5, 5.41) is 14.2. The van der Waals surface area contributed by atoms with Gasteiger partial charge >= 0.3 is 5.97 Å². The largest absolute Gasteiger partial charge is 0.481 e. The zero-order chi connectivity index (χ0) is 15.2. The van der Waals surface area contributed by atoms with Crippen molar-refractivity contribution in [2.24, 2.45) is 5.92 Å². The number of hydrogen-bond acceptors (Lipinski definition) is 3. The van der Waals surface area contributed by atoms with Gasteiger partial charge in [0.1, 0.15) is 0 Å². The number of benzene rings is 1. The smallest absolute Gasteiger partial charge is 0.308 e. The van der Waals surface area contributed by atoms with Crippen molar-refractivity contribution in [3.05, 3.63) is 35.9 Å². The Labute approximate surface area is 122 Å². The van der Waals surface area contributed by atoms with E-state index in [2.05, 4.69) is 10.6 Å². The number of carboxylic acid groups (broad SMARTS) is 1. The summed E-state index contributed by atoms with van der Waals surface area (Å²) in [6.45, 7) is -0.156. The Morgan fingerprint density at radius 1 is 1.14 bits per heavy atom. The number of rotatable bonds is 5. The summed E-state index contributed by atoms with van der Waals surface area (Å²) in [6.07, 6.45) is 2.03. The summed E-state index contributed by atoms with van der Waals surface area (Å²) >= 11 is 0. The van der Waals surface area contributed by atoms with Crippen LogP contribution in [0, 0.1) is 5.92 Å². The fourth-order valence-electron chi connectivity index (χ4n) is 2.54. The van der Waals surface area contributed by atoms with Crippen molar-refractivity contribution in [2.45, 2.75) is 25.3 Å². The van der Waals surface area contributed by atoms with E-state index in [-0.39, 0.29) is 24.4 Å². The van der Waals surface area contributed by atoms with Crippen LogP contribution in [-0.4, -0.2) is 35.5 Å². The number of nitrogens with one attached hydrogen (secondary N) is 2. The minimum Gasteiger partial charge on any atom is -0.481 e. The first-order valence-electron chi connectivity index (χ1n) is 6.93. The second-order valence-corrected chi connectivity index (χ2v) is 5.10. The number of amides is 2. The summed E-state index contributed by atoms with van der Waals surface area (Å²) in [5.74, 6) is -2.10. The molecule has 3 N–H and O–H groups in total. The molecular formula is C15H18N2O4. The van der Waals surface area contributed by atoms with Crippen LogP contribution >= 0.6 is 0 Å². The molecule has 2 rings (SSSR count). The predicted molar refractivity (Wildman–Crippen MR) is 75.7 cm³/mol. The zero-order valence-corrected chi connectivity index (χ0v) is 11.5. The van der Waals surface area contributed by atoms with Crippen LogP contribution in [-0.2, 0) is 9.59 Å². The molecule has 1 aromatic carbocycles.